The number of urea groups is 1. The highest BCUT2D eigenvalue weighted by molar-refractivity contribution is 6.46. The summed E-state index contributed by atoms with van der Waals surface area (Å²) in [4.78, 5) is 55.3. The van der Waals surface area contributed by atoms with Crippen LogP contribution in [-0.4, -0.2) is 37.0 Å². The number of barbiturate groups is 1. The highest BCUT2D eigenvalue weighted by atomic mass is 16.5. The minimum atomic E-state index is -0.771. The maximum atomic E-state index is 13.6. The van der Waals surface area contributed by atoms with Crippen LogP contribution < -0.4 is 24.6 Å². The zero-order valence-corrected chi connectivity index (χ0v) is 23.7. The SMILES string of the molecule is CCOc1cc(C=C2C(=O)N(c3ccccc3)C(=O)N(c3ccccc3)C2=O)ccc1OCC(=O)Nc1ccccc1C. The second-order valence-electron chi connectivity index (χ2n) is 9.58. The zero-order chi connectivity index (χ0) is 30.3. The number of benzene rings is 4. The van der Waals surface area contributed by atoms with Gasteiger partial charge in [0.15, 0.2) is 18.1 Å². The fourth-order valence-electron chi connectivity index (χ4n) is 4.55. The molecule has 0 atom stereocenters. The van der Waals surface area contributed by atoms with Gasteiger partial charge in [-0.2, -0.15) is 0 Å². The van der Waals surface area contributed by atoms with Gasteiger partial charge in [-0.15, -0.1) is 0 Å². The van der Waals surface area contributed by atoms with Crippen molar-refractivity contribution < 1.29 is 28.7 Å². The number of nitrogens with zero attached hydrogens (tertiary/aromatic N) is 2. The first-order chi connectivity index (χ1) is 20.9. The molecule has 0 aliphatic carbocycles. The Morgan fingerprint density at radius 2 is 1.33 bits per heavy atom. The van der Waals surface area contributed by atoms with Crippen LogP contribution in [0.5, 0.6) is 11.5 Å². The van der Waals surface area contributed by atoms with Crippen molar-refractivity contribution in [3.8, 4) is 11.5 Å². The number of hydrogen-bond acceptors (Lipinski definition) is 6. The molecule has 5 amide bonds. The third kappa shape index (κ3) is 6.31. The molecule has 43 heavy (non-hydrogen) atoms. The normalized spacial score (nSPS) is 13.2. The van der Waals surface area contributed by atoms with E-state index in [1.165, 1.54) is 6.08 Å². The van der Waals surface area contributed by atoms with Gasteiger partial charge in [-0.1, -0.05) is 60.7 Å². The summed E-state index contributed by atoms with van der Waals surface area (Å²) < 4.78 is 11.5. The Hall–Kier alpha value is -5.70. The van der Waals surface area contributed by atoms with Crippen molar-refractivity contribution >= 4 is 46.9 Å². The molecular formula is C34H29N3O6. The smallest absolute Gasteiger partial charge is 0.343 e. The molecule has 1 N–H and O–H groups in total. The zero-order valence-electron chi connectivity index (χ0n) is 23.7. The van der Waals surface area contributed by atoms with E-state index in [4.69, 9.17) is 9.47 Å². The van der Waals surface area contributed by atoms with Crippen molar-refractivity contribution in [1.82, 2.24) is 0 Å². The van der Waals surface area contributed by atoms with Crippen molar-refractivity contribution in [2.24, 2.45) is 0 Å². The second kappa shape index (κ2) is 12.9. The fraction of sp³-hybridized carbons (Fsp3) is 0.118. The maximum Gasteiger partial charge on any atom is 0.343 e. The summed E-state index contributed by atoms with van der Waals surface area (Å²) in [5.74, 6) is -1.20. The van der Waals surface area contributed by atoms with Gasteiger partial charge in [0.1, 0.15) is 5.57 Å². The van der Waals surface area contributed by atoms with Crippen LogP contribution in [0.15, 0.2) is 109 Å². The summed E-state index contributed by atoms with van der Waals surface area (Å²) in [7, 11) is 0. The van der Waals surface area contributed by atoms with Gasteiger partial charge in [0.25, 0.3) is 17.7 Å². The van der Waals surface area contributed by atoms with E-state index < -0.39 is 17.8 Å². The van der Waals surface area contributed by atoms with Crippen LogP contribution in [0.25, 0.3) is 6.08 Å². The van der Waals surface area contributed by atoms with E-state index >= 15 is 0 Å². The molecule has 1 heterocycles. The lowest BCUT2D eigenvalue weighted by Crippen LogP contribution is -2.57. The minimum absolute atomic E-state index is 0.207. The van der Waals surface area contributed by atoms with Gasteiger partial charge in [0.05, 0.1) is 18.0 Å². The summed E-state index contributed by atoms with van der Waals surface area (Å²) in [6, 6.07) is 28.4. The maximum absolute atomic E-state index is 13.6. The first-order valence-corrected chi connectivity index (χ1v) is 13.7. The monoisotopic (exact) mass is 575 g/mol. The Balaban J connectivity index is 1.44. The van der Waals surface area contributed by atoms with Crippen LogP contribution in [0, 0.1) is 6.92 Å². The Bertz CT molecular complexity index is 1640. The van der Waals surface area contributed by atoms with Crippen LogP contribution >= 0.6 is 0 Å². The summed E-state index contributed by atoms with van der Waals surface area (Å²) in [6.45, 7) is 3.75. The van der Waals surface area contributed by atoms with Gasteiger partial charge in [-0.05, 0) is 73.5 Å². The third-order valence-corrected chi connectivity index (χ3v) is 6.63. The summed E-state index contributed by atoms with van der Waals surface area (Å²) in [5.41, 5.74) is 2.54. The molecule has 9 heteroatoms. The molecule has 0 saturated carbocycles. The summed E-state index contributed by atoms with van der Waals surface area (Å²) >= 11 is 0. The number of imide groups is 2. The fourth-order valence-corrected chi connectivity index (χ4v) is 4.55. The molecule has 5 rings (SSSR count). The number of carbonyl (C=O) groups excluding carboxylic acids is 4. The van der Waals surface area contributed by atoms with Crippen molar-refractivity contribution in [3.63, 3.8) is 0 Å². The van der Waals surface area contributed by atoms with Gasteiger partial charge in [0.2, 0.25) is 0 Å². The molecule has 4 aromatic rings. The quantitative estimate of drug-likeness (QED) is 0.194. The van der Waals surface area contributed by atoms with Gasteiger partial charge in [-0.3, -0.25) is 14.4 Å². The highest BCUT2D eigenvalue weighted by Gasteiger charge is 2.43. The lowest BCUT2D eigenvalue weighted by molar-refractivity contribution is -0.121. The second-order valence-corrected chi connectivity index (χ2v) is 9.58. The van der Waals surface area contributed by atoms with E-state index in [9.17, 15) is 19.2 Å². The molecule has 0 spiro atoms. The van der Waals surface area contributed by atoms with E-state index in [2.05, 4.69) is 5.32 Å². The lowest BCUT2D eigenvalue weighted by Gasteiger charge is -2.33. The molecule has 0 radical (unpaired) electrons. The molecule has 9 nitrogen and oxygen atoms in total. The third-order valence-electron chi connectivity index (χ3n) is 6.63. The van der Waals surface area contributed by atoms with E-state index in [0.29, 0.717) is 40.7 Å². The Morgan fingerprint density at radius 1 is 0.744 bits per heavy atom. The van der Waals surface area contributed by atoms with Crippen LogP contribution in [0.2, 0.25) is 0 Å². The molecule has 216 valence electrons. The standard InChI is InChI=1S/C34H29N3O6/c1-3-42-30-21-24(18-19-29(30)43-22-31(38)35-28-17-11-10-12-23(28)2)20-27-32(39)36(25-13-6-4-7-14-25)34(41)37(33(27)40)26-15-8-5-9-16-26/h4-21H,3,22H2,1-2H3,(H,35,38). The minimum Gasteiger partial charge on any atom is -0.490 e. The predicted octanol–water partition coefficient (Wildman–Crippen LogP) is 5.99. The van der Waals surface area contributed by atoms with Crippen LogP contribution in [-0.2, 0) is 14.4 Å². The molecule has 0 unspecified atom stereocenters. The van der Waals surface area contributed by atoms with Gasteiger partial charge in [0, 0.05) is 5.69 Å². The molecule has 0 aromatic heterocycles. The first kappa shape index (κ1) is 28.8. The topological polar surface area (TPSA) is 105 Å². The molecule has 1 aliphatic rings. The van der Waals surface area contributed by atoms with Crippen molar-refractivity contribution in [2.45, 2.75) is 13.8 Å². The molecular weight excluding hydrogens is 546 g/mol. The number of anilines is 3. The number of hydrogen-bond donors (Lipinski definition) is 1. The van der Waals surface area contributed by atoms with Gasteiger partial charge in [-0.25, -0.2) is 14.6 Å². The predicted molar refractivity (Wildman–Crippen MR) is 164 cm³/mol. The Kier molecular flexibility index (Phi) is 8.62. The van der Waals surface area contributed by atoms with Crippen LogP contribution in [0.4, 0.5) is 21.9 Å². The number of ether oxygens (including phenoxy) is 2. The largest absolute Gasteiger partial charge is 0.490 e. The number of nitrogens with one attached hydrogen (secondary N) is 1. The Morgan fingerprint density at radius 3 is 1.91 bits per heavy atom. The van der Waals surface area contributed by atoms with E-state index in [0.717, 1.165) is 15.4 Å². The Labute approximate surface area is 248 Å². The molecule has 4 aromatic carbocycles. The van der Waals surface area contributed by atoms with Crippen molar-refractivity contribution in [2.75, 3.05) is 28.3 Å². The van der Waals surface area contributed by atoms with E-state index in [-0.39, 0.29) is 18.1 Å². The average Bonchev–Trinajstić information content (AvgIpc) is 3.01. The molecule has 1 aliphatic heterocycles. The van der Waals surface area contributed by atoms with Gasteiger partial charge >= 0.3 is 6.03 Å². The number of para-hydroxylation sites is 3. The van der Waals surface area contributed by atoms with Crippen molar-refractivity contribution in [1.29, 1.82) is 0 Å². The molecule has 1 saturated heterocycles. The lowest BCUT2D eigenvalue weighted by atomic mass is 10.0. The molecule has 0 bridgehead atoms. The van der Waals surface area contributed by atoms with Crippen LogP contribution in [0.1, 0.15) is 18.1 Å². The van der Waals surface area contributed by atoms with Gasteiger partial charge < -0.3 is 14.8 Å². The van der Waals surface area contributed by atoms with Crippen molar-refractivity contribution in [3.05, 3.63) is 120 Å². The highest BCUT2D eigenvalue weighted by Crippen LogP contribution is 2.32. The summed E-state index contributed by atoms with van der Waals surface area (Å²) in [6.07, 6.45) is 1.42. The van der Waals surface area contributed by atoms with Crippen LogP contribution in [0.3, 0.4) is 0 Å². The number of aryl methyl sites for hydroxylation is 1. The van der Waals surface area contributed by atoms with E-state index in [1.807, 2.05) is 25.1 Å². The summed E-state index contributed by atoms with van der Waals surface area (Å²) in [5, 5.41) is 2.82. The molecule has 1 fully saturated rings. The number of amides is 5. The average molecular weight is 576 g/mol. The number of carbonyl (C=O) groups is 4. The number of rotatable bonds is 9. The van der Waals surface area contributed by atoms with E-state index in [1.54, 1.807) is 91.9 Å². The first-order valence-electron chi connectivity index (χ1n) is 13.7.